The lowest BCUT2D eigenvalue weighted by atomic mass is 9.88. The third-order valence-electron chi connectivity index (χ3n) is 3.03. The van der Waals surface area contributed by atoms with Crippen LogP contribution in [0.25, 0.3) is 0 Å². The van der Waals surface area contributed by atoms with Gasteiger partial charge in [-0.1, -0.05) is 43.3 Å². The van der Waals surface area contributed by atoms with Crippen LogP contribution >= 0.6 is 23.2 Å². The molecule has 2 aromatic rings. The molecule has 0 heterocycles. The Hall–Kier alpha value is -1.71. The maximum absolute atomic E-state index is 9.88. The summed E-state index contributed by atoms with van der Waals surface area (Å²) in [5.41, 5.74) is 1.72. The van der Waals surface area contributed by atoms with Crippen LogP contribution in [0.5, 0.6) is 11.5 Å². The molecule has 2 rings (SSSR count). The number of halogens is 2. The van der Waals surface area contributed by atoms with Gasteiger partial charge in [0.15, 0.2) is 0 Å². The number of rotatable bonds is 3. The van der Waals surface area contributed by atoms with Crippen molar-refractivity contribution in [3.05, 3.63) is 59.7 Å². The van der Waals surface area contributed by atoms with Crippen LogP contribution in [0.15, 0.2) is 48.5 Å². The van der Waals surface area contributed by atoms with Gasteiger partial charge in [0.2, 0.25) is 0 Å². The van der Waals surface area contributed by atoms with E-state index in [0.717, 1.165) is 17.5 Å². The van der Waals surface area contributed by atoms with Crippen molar-refractivity contribution in [2.24, 2.45) is 0 Å². The molecule has 0 aliphatic carbocycles. The van der Waals surface area contributed by atoms with Crippen molar-refractivity contribution in [1.29, 1.82) is 0 Å². The molecule has 0 saturated heterocycles. The molecule has 0 aliphatic heterocycles. The summed E-state index contributed by atoms with van der Waals surface area (Å²) in [6.07, 6.45) is 0.829. The van der Waals surface area contributed by atoms with Crippen molar-refractivity contribution < 1.29 is 15.0 Å². The van der Waals surface area contributed by atoms with Crippen LogP contribution < -0.4 is 0 Å². The molecular weight excluding hydrogens is 311 g/mol. The highest BCUT2D eigenvalue weighted by molar-refractivity contribution is 6.93. The predicted molar refractivity (Wildman–Crippen MR) is 85.4 cm³/mol. The van der Waals surface area contributed by atoms with Gasteiger partial charge >= 0.3 is 4.70 Å². The minimum absolute atomic E-state index is 0.0254. The van der Waals surface area contributed by atoms with Gasteiger partial charge in [-0.25, -0.2) is 0 Å². The zero-order valence-corrected chi connectivity index (χ0v) is 13.0. The van der Waals surface area contributed by atoms with Gasteiger partial charge in [0.1, 0.15) is 11.5 Å². The zero-order chi connectivity index (χ0) is 15.8. The molecule has 3 nitrogen and oxygen atoms in total. The second kappa shape index (κ2) is 8.55. The van der Waals surface area contributed by atoms with Crippen molar-refractivity contribution in [2.75, 3.05) is 0 Å². The van der Waals surface area contributed by atoms with Gasteiger partial charge in [-0.05, 0) is 41.8 Å². The van der Waals surface area contributed by atoms with Gasteiger partial charge < -0.3 is 10.2 Å². The first-order valence-corrected chi connectivity index (χ1v) is 7.13. The number of hydrogen-bond acceptors (Lipinski definition) is 3. The van der Waals surface area contributed by atoms with E-state index in [9.17, 15) is 10.2 Å². The highest BCUT2D eigenvalue weighted by atomic mass is 35.5. The molecule has 0 spiro atoms. The van der Waals surface area contributed by atoms with E-state index < -0.39 is 4.70 Å². The molecule has 2 aromatic carbocycles. The first-order chi connectivity index (χ1) is 9.97. The molecule has 0 unspecified atom stereocenters. The van der Waals surface area contributed by atoms with Gasteiger partial charge in [0, 0.05) is 17.0 Å². The lowest BCUT2D eigenvalue weighted by Gasteiger charge is -2.18. The van der Waals surface area contributed by atoms with E-state index in [1.807, 2.05) is 31.2 Å². The maximum atomic E-state index is 9.88. The van der Waals surface area contributed by atoms with Crippen molar-refractivity contribution in [1.82, 2.24) is 0 Å². The zero-order valence-electron chi connectivity index (χ0n) is 11.5. The van der Waals surface area contributed by atoms with Gasteiger partial charge in [-0.3, -0.25) is 4.79 Å². The molecule has 0 atom stereocenters. The van der Waals surface area contributed by atoms with E-state index in [-0.39, 0.29) is 17.4 Å². The molecule has 0 bridgehead atoms. The van der Waals surface area contributed by atoms with Crippen LogP contribution in [0.4, 0.5) is 4.79 Å². The first kappa shape index (κ1) is 17.3. The third kappa shape index (κ3) is 5.29. The Morgan fingerprint density at radius 2 is 1.29 bits per heavy atom. The standard InChI is InChI=1S/C15H16O2.CCl2O/c1-2-11(12-7-3-5-9-14(12)16)13-8-4-6-10-15(13)17;2-1(3)4/h3-11,16-17H,2H2,1H3;. The summed E-state index contributed by atoms with van der Waals surface area (Å²) in [6, 6.07) is 14.6. The van der Waals surface area contributed by atoms with Crippen LogP contribution in [-0.4, -0.2) is 14.9 Å². The van der Waals surface area contributed by atoms with Crippen LogP contribution in [0.2, 0.25) is 0 Å². The first-order valence-electron chi connectivity index (χ1n) is 6.38. The average molecular weight is 327 g/mol. The molecule has 0 saturated carbocycles. The normalized spacial score (nSPS) is 9.90. The Morgan fingerprint density at radius 1 is 0.952 bits per heavy atom. The molecule has 0 fully saturated rings. The monoisotopic (exact) mass is 326 g/mol. The Kier molecular flexibility index (Phi) is 7.06. The Balaban J connectivity index is 0.000000491. The van der Waals surface area contributed by atoms with E-state index in [1.54, 1.807) is 24.3 Å². The number of carbonyl (C=O) groups is 1. The number of hydrogen-bond donors (Lipinski definition) is 2. The molecule has 0 aromatic heterocycles. The number of aromatic hydroxyl groups is 2. The fourth-order valence-electron chi connectivity index (χ4n) is 2.17. The van der Waals surface area contributed by atoms with Crippen molar-refractivity contribution in [3.8, 4) is 11.5 Å². The minimum Gasteiger partial charge on any atom is -0.508 e. The molecule has 21 heavy (non-hydrogen) atoms. The fraction of sp³-hybridized carbons (Fsp3) is 0.188. The quantitative estimate of drug-likeness (QED) is 0.760. The number of benzene rings is 2. The van der Waals surface area contributed by atoms with E-state index in [1.165, 1.54) is 0 Å². The summed E-state index contributed by atoms with van der Waals surface area (Å²) < 4.78 is -0.889. The van der Waals surface area contributed by atoms with Gasteiger partial charge in [-0.2, -0.15) is 0 Å². The Bertz CT molecular complexity index is 550. The highest BCUT2D eigenvalue weighted by Crippen LogP contribution is 2.37. The van der Waals surface area contributed by atoms with Crippen LogP contribution in [0.3, 0.4) is 0 Å². The number of para-hydroxylation sites is 2. The molecular formula is C16H16Cl2O3. The molecule has 2 N–H and O–H groups in total. The van der Waals surface area contributed by atoms with Crippen molar-refractivity contribution >= 4 is 27.9 Å². The molecule has 0 aliphatic rings. The van der Waals surface area contributed by atoms with E-state index in [2.05, 4.69) is 23.2 Å². The lowest BCUT2D eigenvalue weighted by molar-refractivity contribution is 0.275. The second-order valence-corrected chi connectivity index (χ2v) is 5.18. The van der Waals surface area contributed by atoms with Crippen LogP contribution in [0, 0.1) is 0 Å². The summed E-state index contributed by atoms with van der Waals surface area (Å²) in [6.45, 7) is 2.05. The molecule has 0 radical (unpaired) electrons. The largest absolute Gasteiger partial charge is 0.508 e. The van der Waals surface area contributed by atoms with Crippen molar-refractivity contribution in [2.45, 2.75) is 19.3 Å². The van der Waals surface area contributed by atoms with Gasteiger partial charge in [-0.15, -0.1) is 0 Å². The molecule has 0 amide bonds. The third-order valence-corrected chi connectivity index (χ3v) is 3.03. The predicted octanol–water partition coefficient (Wildman–Crippen LogP) is 5.22. The summed E-state index contributed by atoms with van der Waals surface area (Å²) in [4.78, 5) is 8.98. The second-order valence-electron chi connectivity index (χ2n) is 4.30. The minimum atomic E-state index is -0.889. The van der Waals surface area contributed by atoms with Gasteiger partial charge in [0.05, 0.1) is 0 Å². The maximum Gasteiger partial charge on any atom is 0.313 e. The van der Waals surface area contributed by atoms with Crippen molar-refractivity contribution in [3.63, 3.8) is 0 Å². The number of phenolic OH excluding ortho intramolecular Hbond substituents is 2. The summed E-state index contributed by atoms with van der Waals surface area (Å²) in [5, 5.41) is 19.8. The summed E-state index contributed by atoms with van der Waals surface area (Å²) in [5.74, 6) is 0.586. The van der Waals surface area contributed by atoms with E-state index >= 15 is 0 Å². The van der Waals surface area contributed by atoms with E-state index in [4.69, 9.17) is 4.79 Å². The summed E-state index contributed by atoms with van der Waals surface area (Å²) >= 11 is 8.80. The SMILES string of the molecule is CCC(c1ccccc1O)c1ccccc1O.O=C(Cl)Cl. The highest BCUT2D eigenvalue weighted by Gasteiger charge is 2.17. The summed E-state index contributed by atoms with van der Waals surface area (Å²) in [7, 11) is 0. The average Bonchev–Trinajstić information content (AvgIpc) is 2.43. The lowest BCUT2D eigenvalue weighted by Crippen LogP contribution is -2.00. The topological polar surface area (TPSA) is 57.5 Å². The van der Waals surface area contributed by atoms with Crippen LogP contribution in [-0.2, 0) is 0 Å². The number of carbonyl (C=O) groups excluding carboxylic acids is 1. The number of phenols is 2. The fourth-order valence-corrected chi connectivity index (χ4v) is 2.17. The Labute approximate surface area is 133 Å². The smallest absolute Gasteiger partial charge is 0.313 e. The van der Waals surface area contributed by atoms with Gasteiger partial charge in [0.25, 0.3) is 0 Å². The molecule has 112 valence electrons. The van der Waals surface area contributed by atoms with E-state index in [0.29, 0.717) is 0 Å². The Morgan fingerprint density at radius 3 is 1.57 bits per heavy atom. The molecule has 5 heteroatoms. The van der Waals surface area contributed by atoms with Crippen LogP contribution in [0.1, 0.15) is 30.4 Å².